The molecular formula is C20H35NO2. The first kappa shape index (κ1) is 18.7. The van der Waals surface area contributed by atoms with Crippen molar-refractivity contribution in [2.75, 3.05) is 20.6 Å². The minimum atomic E-state index is -0.369. The van der Waals surface area contributed by atoms with Crippen LogP contribution in [0.3, 0.4) is 0 Å². The lowest BCUT2D eigenvalue weighted by Gasteiger charge is -2.18. The van der Waals surface area contributed by atoms with Crippen molar-refractivity contribution < 1.29 is 10.2 Å². The Balaban J connectivity index is 1.77. The van der Waals surface area contributed by atoms with Crippen LogP contribution >= 0.6 is 0 Å². The first-order valence-electron chi connectivity index (χ1n) is 9.40. The predicted molar refractivity (Wildman–Crippen MR) is 96.3 cm³/mol. The zero-order valence-electron chi connectivity index (χ0n) is 15.1. The van der Waals surface area contributed by atoms with Crippen molar-refractivity contribution >= 4 is 0 Å². The normalized spacial score (nSPS) is 31.8. The number of aliphatic hydroxyl groups excluding tert-OH is 2. The molecule has 0 aliphatic heterocycles. The molecule has 0 aromatic rings. The molecule has 2 aliphatic carbocycles. The van der Waals surface area contributed by atoms with Gasteiger partial charge in [-0.25, -0.2) is 0 Å². The monoisotopic (exact) mass is 321 g/mol. The van der Waals surface area contributed by atoms with Crippen LogP contribution in [0.5, 0.6) is 0 Å². The van der Waals surface area contributed by atoms with Crippen LogP contribution in [0, 0.1) is 17.8 Å². The van der Waals surface area contributed by atoms with E-state index in [4.69, 9.17) is 0 Å². The summed E-state index contributed by atoms with van der Waals surface area (Å²) in [7, 11) is 4.27. The maximum atomic E-state index is 10.3. The Hall–Kier alpha value is -0.640. The molecule has 0 spiro atoms. The van der Waals surface area contributed by atoms with Crippen molar-refractivity contribution in [1.29, 1.82) is 0 Å². The summed E-state index contributed by atoms with van der Waals surface area (Å²) in [6.07, 6.45) is 13.7. The zero-order chi connectivity index (χ0) is 16.8. The molecule has 0 radical (unpaired) electrons. The van der Waals surface area contributed by atoms with E-state index in [1.165, 1.54) is 32.2 Å². The minimum absolute atomic E-state index is 0.226. The second-order valence-electron chi connectivity index (χ2n) is 7.71. The molecule has 3 heteroatoms. The van der Waals surface area contributed by atoms with E-state index in [9.17, 15) is 10.2 Å². The lowest BCUT2D eigenvalue weighted by molar-refractivity contribution is 0.140. The molecule has 23 heavy (non-hydrogen) atoms. The number of unbranched alkanes of at least 4 members (excludes halogenated alkanes) is 2. The average Bonchev–Trinajstić information content (AvgIpc) is 3.01. The maximum Gasteiger partial charge on any atom is 0.0718 e. The van der Waals surface area contributed by atoms with E-state index in [0.717, 1.165) is 19.3 Å². The number of hydrogen-bond donors (Lipinski definition) is 2. The first-order valence-corrected chi connectivity index (χ1v) is 9.40. The predicted octanol–water partition coefficient (Wildman–Crippen LogP) is 3.38. The van der Waals surface area contributed by atoms with Crippen molar-refractivity contribution in [2.24, 2.45) is 17.8 Å². The fraction of sp³-hybridized carbons (Fsp3) is 0.800. The molecule has 0 aromatic heterocycles. The van der Waals surface area contributed by atoms with Gasteiger partial charge >= 0.3 is 0 Å². The smallest absolute Gasteiger partial charge is 0.0718 e. The number of allylic oxidation sites excluding steroid dienone is 2. The van der Waals surface area contributed by atoms with Crippen LogP contribution in [0.25, 0.3) is 0 Å². The molecule has 1 saturated carbocycles. The number of rotatable bonds is 9. The van der Waals surface area contributed by atoms with Gasteiger partial charge in [0, 0.05) is 5.92 Å². The van der Waals surface area contributed by atoms with Gasteiger partial charge in [-0.1, -0.05) is 37.1 Å². The van der Waals surface area contributed by atoms with E-state index in [2.05, 4.69) is 31.1 Å². The van der Waals surface area contributed by atoms with Gasteiger partial charge in [-0.3, -0.25) is 0 Å². The lowest BCUT2D eigenvalue weighted by atomic mass is 9.88. The Morgan fingerprint density at radius 2 is 2.09 bits per heavy atom. The van der Waals surface area contributed by atoms with E-state index in [1.807, 2.05) is 13.0 Å². The molecule has 2 rings (SSSR count). The Bertz CT molecular complexity index is 416. The number of hydrogen-bond acceptors (Lipinski definition) is 3. The summed E-state index contributed by atoms with van der Waals surface area (Å²) < 4.78 is 0. The molecule has 5 atom stereocenters. The summed E-state index contributed by atoms with van der Waals surface area (Å²) in [6, 6.07) is 0. The highest BCUT2D eigenvalue weighted by Gasteiger charge is 2.43. The Labute approximate surface area is 142 Å². The SMILES string of the molecule is CC[C@H](O)/C=C/[C@@H]1[C@H]2CC(CCCCCN(C)C)=C[C@H]2C[C@H]1O. The summed E-state index contributed by atoms with van der Waals surface area (Å²) in [5, 5.41) is 20.0. The van der Waals surface area contributed by atoms with Crippen LogP contribution in [0.4, 0.5) is 0 Å². The van der Waals surface area contributed by atoms with Gasteiger partial charge in [0.15, 0.2) is 0 Å². The molecule has 0 aromatic carbocycles. The summed E-state index contributed by atoms with van der Waals surface area (Å²) in [5.41, 5.74) is 1.60. The summed E-state index contributed by atoms with van der Waals surface area (Å²) >= 11 is 0. The number of fused-ring (bicyclic) bond motifs is 1. The molecule has 0 heterocycles. The van der Waals surface area contributed by atoms with Crippen molar-refractivity contribution in [2.45, 2.75) is 64.1 Å². The van der Waals surface area contributed by atoms with Crippen molar-refractivity contribution in [3.05, 3.63) is 23.8 Å². The standard InChI is InChI=1S/C20H35NO2/c1-4-17(22)9-10-18-19-13-15(12-16(19)14-20(18)23)8-6-5-7-11-21(2)3/h9-10,12,16-20,22-23H,4-8,11,13-14H2,1-3H3/b10-9+/t16-,17-,18+,19-,20+/m0/s1. The van der Waals surface area contributed by atoms with Gasteiger partial charge in [-0.05, 0) is 71.0 Å². The maximum absolute atomic E-state index is 10.3. The van der Waals surface area contributed by atoms with Gasteiger partial charge in [-0.15, -0.1) is 0 Å². The van der Waals surface area contributed by atoms with Gasteiger partial charge in [0.25, 0.3) is 0 Å². The van der Waals surface area contributed by atoms with Gasteiger partial charge in [-0.2, -0.15) is 0 Å². The van der Waals surface area contributed by atoms with Gasteiger partial charge < -0.3 is 15.1 Å². The molecule has 0 bridgehead atoms. The molecule has 1 fully saturated rings. The summed E-state index contributed by atoms with van der Waals surface area (Å²) in [6.45, 7) is 3.16. The van der Waals surface area contributed by atoms with Crippen LogP contribution in [-0.2, 0) is 0 Å². The second kappa shape index (κ2) is 9.00. The molecule has 0 amide bonds. The van der Waals surface area contributed by atoms with E-state index < -0.39 is 0 Å². The quantitative estimate of drug-likeness (QED) is 0.505. The third kappa shape index (κ3) is 5.44. The van der Waals surface area contributed by atoms with E-state index in [0.29, 0.717) is 11.8 Å². The highest BCUT2D eigenvalue weighted by atomic mass is 16.3. The summed E-state index contributed by atoms with van der Waals surface area (Å²) in [4.78, 5) is 2.25. The van der Waals surface area contributed by atoms with Crippen LogP contribution in [0.15, 0.2) is 23.8 Å². The fourth-order valence-electron chi connectivity index (χ4n) is 4.14. The topological polar surface area (TPSA) is 43.7 Å². The molecule has 0 unspecified atom stereocenters. The highest BCUT2D eigenvalue weighted by molar-refractivity contribution is 5.20. The Morgan fingerprint density at radius 1 is 1.30 bits per heavy atom. The molecular weight excluding hydrogens is 286 g/mol. The van der Waals surface area contributed by atoms with Crippen LogP contribution in [0.1, 0.15) is 51.9 Å². The second-order valence-corrected chi connectivity index (χ2v) is 7.71. The molecule has 3 nitrogen and oxygen atoms in total. The molecule has 2 aliphatic rings. The van der Waals surface area contributed by atoms with Crippen LogP contribution < -0.4 is 0 Å². The highest BCUT2D eigenvalue weighted by Crippen LogP contribution is 2.48. The minimum Gasteiger partial charge on any atom is -0.392 e. The average molecular weight is 322 g/mol. The lowest BCUT2D eigenvalue weighted by Crippen LogP contribution is -2.17. The van der Waals surface area contributed by atoms with E-state index in [-0.39, 0.29) is 18.1 Å². The number of nitrogens with zero attached hydrogens (tertiary/aromatic N) is 1. The van der Waals surface area contributed by atoms with E-state index in [1.54, 1.807) is 5.57 Å². The third-order valence-corrected chi connectivity index (χ3v) is 5.53. The Kier molecular flexibility index (Phi) is 7.32. The third-order valence-electron chi connectivity index (χ3n) is 5.53. The van der Waals surface area contributed by atoms with Gasteiger partial charge in [0.2, 0.25) is 0 Å². The first-order chi connectivity index (χ1) is 11.0. The molecule has 0 saturated heterocycles. The Morgan fingerprint density at radius 3 is 2.78 bits per heavy atom. The van der Waals surface area contributed by atoms with Crippen LogP contribution in [0.2, 0.25) is 0 Å². The van der Waals surface area contributed by atoms with Crippen molar-refractivity contribution in [3.63, 3.8) is 0 Å². The van der Waals surface area contributed by atoms with E-state index >= 15 is 0 Å². The number of aliphatic hydroxyl groups is 2. The summed E-state index contributed by atoms with van der Waals surface area (Å²) in [5.74, 6) is 1.33. The molecule has 2 N–H and O–H groups in total. The van der Waals surface area contributed by atoms with Gasteiger partial charge in [0.05, 0.1) is 12.2 Å². The van der Waals surface area contributed by atoms with Gasteiger partial charge in [0.1, 0.15) is 0 Å². The largest absolute Gasteiger partial charge is 0.392 e. The van der Waals surface area contributed by atoms with Crippen molar-refractivity contribution in [3.8, 4) is 0 Å². The van der Waals surface area contributed by atoms with Crippen LogP contribution in [-0.4, -0.2) is 48.0 Å². The fourth-order valence-corrected chi connectivity index (χ4v) is 4.14. The zero-order valence-corrected chi connectivity index (χ0v) is 15.1. The molecule has 132 valence electrons. The van der Waals surface area contributed by atoms with Crippen molar-refractivity contribution in [1.82, 2.24) is 4.90 Å².